The first-order valence-corrected chi connectivity index (χ1v) is 5.10. The van der Waals surface area contributed by atoms with Crippen molar-refractivity contribution in [3.8, 4) is 0 Å². The van der Waals surface area contributed by atoms with Gasteiger partial charge < -0.3 is 5.32 Å². The molecule has 1 aliphatic rings. The molecule has 0 spiro atoms. The summed E-state index contributed by atoms with van der Waals surface area (Å²) < 4.78 is 0. The quantitative estimate of drug-likeness (QED) is 0.757. The number of nitrogens with one attached hydrogen (secondary N) is 1. The largest absolute Gasteiger partial charge is 0.349 e. The third kappa shape index (κ3) is 1.75. The molecule has 1 atom stereocenters. The standard InChI is InChI=1S/C11H12ClNO/c1-7-2-3-8(6-9(7)12)10-4-5-11(14)13-10/h2-3,6,10H,4-5H2,1H3,(H,13,14). The minimum atomic E-state index is 0.131. The van der Waals surface area contributed by atoms with Crippen molar-refractivity contribution < 1.29 is 4.79 Å². The first-order valence-electron chi connectivity index (χ1n) is 4.72. The molecule has 3 heteroatoms. The fourth-order valence-corrected chi connectivity index (χ4v) is 1.88. The minimum absolute atomic E-state index is 0.131. The van der Waals surface area contributed by atoms with E-state index in [0.29, 0.717) is 6.42 Å². The number of benzene rings is 1. The molecule has 1 aromatic carbocycles. The van der Waals surface area contributed by atoms with Crippen LogP contribution in [0.25, 0.3) is 0 Å². The highest BCUT2D eigenvalue weighted by molar-refractivity contribution is 6.31. The summed E-state index contributed by atoms with van der Waals surface area (Å²) in [5.41, 5.74) is 2.17. The van der Waals surface area contributed by atoms with Gasteiger partial charge in [-0.2, -0.15) is 0 Å². The predicted octanol–water partition coefficient (Wildman–Crippen LogP) is 2.60. The lowest BCUT2D eigenvalue weighted by molar-refractivity contribution is -0.119. The van der Waals surface area contributed by atoms with E-state index in [9.17, 15) is 4.79 Å². The number of amides is 1. The molecular weight excluding hydrogens is 198 g/mol. The van der Waals surface area contributed by atoms with Crippen LogP contribution in [-0.2, 0) is 4.79 Å². The molecule has 1 unspecified atom stereocenters. The number of aryl methyl sites for hydroxylation is 1. The number of halogens is 1. The van der Waals surface area contributed by atoms with Gasteiger partial charge in [0.05, 0.1) is 6.04 Å². The average Bonchev–Trinajstić information content (AvgIpc) is 2.57. The fraction of sp³-hybridized carbons (Fsp3) is 0.364. The summed E-state index contributed by atoms with van der Waals surface area (Å²) in [4.78, 5) is 11.0. The van der Waals surface area contributed by atoms with Crippen LogP contribution in [0.15, 0.2) is 18.2 Å². The van der Waals surface area contributed by atoms with Gasteiger partial charge in [0.1, 0.15) is 0 Å². The Labute approximate surface area is 88.3 Å². The molecular formula is C11H12ClNO. The normalized spacial score (nSPS) is 21.0. The summed E-state index contributed by atoms with van der Waals surface area (Å²) in [6.45, 7) is 1.97. The molecule has 0 saturated carbocycles. The van der Waals surface area contributed by atoms with Crippen LogP contribution in [0.4, 0.5) is 0 Å². The third-order valence-electron chi connectivity index (χ3n) is 2.59. The number of hydrogen-bond donors (Lipinski definition) is 1. The van der Waals surface area contributed by atoms with Crippen LogP contribution < -0.4 is 5.32 Å². The van der Waals surface area contributed by atoms with Crippen LogP contribution in [-0.4, -0.2) is 5.91 Å². The molecule has 1 N–H and O–H groups in total. The first kappa shape index (κ1) is 9.53. The topological polar surface area (TPSA) is 29.1 Å². The van der Waals surface area contributed by atoms with E-state index in [0.717, 1.165) is 22.6 Å². The van der Waals surface area contributed by atoms with Crippen LogP contribution in [0, 0.1) is 6.92 Å². The van der Waals surface area contributed by atoms with Crippen LogP contribution in [0.1, 0.15) is 30.0 Å². The summed E-state index contributed by atoms with van der Waals surface area (Å²) in [6.07, 6.45) is 1.49. The SMILES string of the molecule is Cc1ccc(C2CCC(=O)N2)cc1Cl. The zero-order chi connectivity index (χ0) is 10.1. The summed E-state index contributed by atoms with van der Waals surface area (Å²) in [5.74, 6) is 0.131. The van der Waals surface area contributed by atoms with Crippen LogP contribution >= 0.6 is 11.6 Å². The maximum Gasteiger partial charge on any atom is 0.220 e. The number of carbonyl (C=O) groups excluding carboxylic acids is 1. The molecule has 0 bridgehead atoms. The zero-order valence-corrected chi connectivity index (χ0v) is 8.77. The zero-order valence-electron chi connectivity index (χ0n) is 8.01. The molecule has 14 heavy (non-hydrogen) atoms. The molecule has 2 rings (SSSR count). The number of hydrogen-bond acceptors (Lipinski definition) is 1. The molecule has 1 amide bonds. The van der Waals surface area contributed by atoms with E-state index in [4.69, 9.17) is 11.6 Å². The highest BCUT2D eigenvalue weighted by atomic mass is 35.5. The molecule has 1 heterocycles. The third-order valence-corrected chi connectivity index (χ3v) is 3.00. The van der Waals surface area contributed by atoms with Crippen LogP contribution in [0.5, 0.6) is 0 Å². The van der Waals surface area contributed by atoms with Crippen molar-refractivity contribution in [3.05, 3.63) is 34.3 Å². The lowest BCUT2D eigenvalue weighted by Gasteiger charge is -2.11. The van der Waals surface area contributed by atoms with E-state index in [1.54, 1.807) is 0 Å². The highest BCUT2D eigenvalue weighted by Gasteiger charge is 2.22. The van der Waals surface area contributed by atoms with Crippen molar-refractivity contribution >= 4 is 17.5 Å². The Kier molecular flexibility index (Phi) is 2.46. The summed E-state index contributed by atoms with van der Waals surface area (Å²) in [6, 6.07) is 6.10. The highest BCUT2D eigenvalue weighted by Crippen LogP contribution is 2.27. The minimum Gasteiger partial charge on any atom is -0.349 e. The van der Waals surface area contributed by atoms with E-state index in [2.05, 4.69) is 5.32 Å². The van der Waals surface area contributed by atoms with E-state index < -0.39 is 0 Å². The van der Waals surface area contributed by atoms with Crippen molar-refractivity contribution in [3.63, 3.8) is 0 Å². The molecule has 2 nitrogen and oxygen atoms in total. The number of carbonyl (C=O) groups is 1. The van der Waals surface area contributed by atoms with Crippen LogP contribution in [0.3, 0.4) is 0 Å². The molecule has 1 fully saturated rings. The average molecular weight is 210 g/mol. The van der Waals surface area contributed by atoms with Gasteiger partial charge >= 0.3 is 0 Å². The molecule has 1 aromatic rings. The van der Waals surface area contributed by atoms with Crippen LogP contribution in [0.2, 0.25) is 5.02 Å². The van der Waals surface area contributed by atoms with Gasteiger partial charge in [0.2, 0.25) is 5.91 Å². The molecule has 1 aliphatic heterocycles. The van der Waals surface area contributed by atoms with E-state index in [1.807, 2.05) is 25.1 Å². The monoisotopic (exact) mass is 209 g/mol. The Morgan fingerprint density at radius 3 is 2.86 bits per heavy atom. The van der Waals surface area contributed by atoms with Gasteiger partial charge in [-0.15, -0.1) is 0 Å². The summed E-state index contributed by atoms with van der Waals surface area (Å²) in [5, 5.41) is 3.69. The molecule has 0 aliphatic carbocycles. The van der Waals surface area contributed by atoms with Gasteiger partial charge in [0.25, 0.3) is 0 Å². The van der Waals surface area contributed by atoms with Crippen molar-refractivity contribution in [1.82, 2.24) is 5.32 Å². The second-order valence-corrected chi connectivity index (χ2v) is 4.07. The lowest BCUT2D eigenvalue weighted by Crippen LogP contribution is -2.18. The second kappa shape index (κ2) is 3.62. The molecule has 0 radical (unpaired) electrons. The summed E-state index contributed by atoms with van der Waals surface area (Å²) in [7, 11) is 0. The van der Waals surface area contributed by atoms with E-state index in [-0.39, 0.29) is 11.9 Å². The molecule has 1 saturated heterocycles. The van der Waals surface area contributed by atoms with Gasteiger partial charge in [0.15, 0.2) is 0 Å². The Morgan fingerprint density at radius 1 is 1.50 bits per heavy atom. The van der Waals surface area contributed by atoms with Crippen molar-refractivity contribution in [2.45, 2.75) is 25.8 Å². The van der Waals surface area contributed by atoms with Gasteiger partial charge in [-0.3, -0.25) is 4.79 Å². The van der Waals surface area contributed by atoms with Gasteiger partial charge in [-0.1, -0.05) is 23.7 Å². The van der Waals surface area contributed by atoms with E-state index >= 15 is 0 Å². The van der Waals surface area contributed by atoms with Crippen molar-refractivity contribution in [1.29, 1.82) is 0 Å². The van der Waals surface area contributed by atoms with E-state index in [1.165, 1.54) is 0 Å². The van der Waals surface area contributed by atoms with Gasteiger partial charge in [0, 0.05) is 11.4 Å². The van der Waals surface area contributed by atoms with Gasteiger partial charge in [-0.25, -0.2) is 0 Å². The Bertz CT molecular complexity index is 376. The first-order chi connectivity index (χ1) is 6.66. The second-order valence-electron chi connectivity index (χ2n) is 3.67. The van der Waals surface area contributed by atoms with Crippen molar-refractivity contribution in [2.24, 2.45) is 0 Å². The van der Waals surface area contributed by atoms with Crippen molar-refractivity contribution in [2.75, 3.05) is 0 Å². The maximum atomic E-state index is 11.0. The molecule has 74 valence electrons. The lowest BCUT2D eigenvalue weighted by atomic mass is 10.0. The maximum absolute atomic E-state index is 11.0. The predicted molar refractivity (Wildman–Crippen MR) is 56.3 cm³/mol. The van der Waals surface area contributed by atoms with Gasteiger partial charge in [-0.05, 0) is 30.5 Å². The summed E-state index contributed by atoms with van der Waals surface area (Å²) >= 11 is 6.02. The fourth-order valence-electron chi connectivity index (χ4n) is 1.69. The Hall–Kier alpha value is -1.02. The molecule has 0 aromatic heterocycles. The Morgan fingerprint density at radius 2 is 2.29 bits per heavy atom. The number of rotatable bonds is 1. The smallest absolute Gasteiger partial charge is 0.220 e. The Balaban J connectivity index is 2.24.